The molecule has 0 amide bonds. The average molecular weight is 230 g/mol. The molecule has 0 spiro atoms. The van der Waals surface area contributed by atoms with Gasteiger partial charge in [-0.1, -0.05) is 6.07 Å². The van der Waals surface area contributed by atoms with Crippen LogP contribution in [0.15, 0.2) is 18.2 Å². The van der Waals surface area contributed by atoms with E-state index in [0.717, 1.165) is 11.2 Å². The van der Waals surface area contributed by atoms with Crippen molar-refractivity contribution < 1.29 is 0 Å². The second kappa shape index (κ2) is 3.74. The van der Waals surface area contributed by atoms with Crippen LogP contribution in [0, 0.1) is 0 Å². The van der Waals surface area contributed by atoms with Crippen molar-refractivity contribution in [2.75, 3.05) is 19.0 Å². The Balaban J connectivity index is 2.31. The van der Waals surface area contributed by atoms with Crippen molar-refractivity contribution in [3.05, 3.63) is 29.7 Å². The van der Waals surface area contributed by atoms with Crippen molar-refractivity contribution in [1.29, 1.82) is 0 Å². The third kappa shape index (κ3) is 1.60. The Kier molecular flexibility index (Phi) is 2.33. The molecule has 2 aromatic heterocycles. The second-order valence-electron chi connectivity index (χ2n) is 4.89. The number of nitrogens with two attached hydrogens (primary N) is 1. The molecule has 4 nitrogen and oxygen atoms in total. The number of hydrogen-bond donors (Lipinski definition) is 1. The standard InChI is InChI=1S/C13H18N4/c1-16(2)12-5-3-4-11-10(8-14)15-13(17(11)12)9-6-7-9/h3-5,9H,6-8,14H2,1-2H3. The van der Waals surface area contributed by atoms with Crippen molar-refractivity contribution in [2.45, 2.75) is 25.3 Å². The molecule has 2 heterocycles. The van der Waals surface area contributed by atoms with Crippen LogP contribution in [0.3, 0.4) is 0 Å². The van der Waals surface area contributed by atoms with E-state index in [9.17, 15) is 0 Å². The molecule has 17 heavy (non-hydrogen) atoms. The summed E-state index contributed by atoms with van der Waals surface area (Å²) < 4.78 is 2.26. The fourth-order valence-corrected chi connectivity index (χ4v) is 2.32. The Morgan fingerprint density at radius 2 is 2.18 bits per heavy atom. The molecule has 1 saturated carbocycles. The largest absolute Gasteiger partial charge is 0.364 e. The molecule has 2 N–H and O–H groups in total. The van der Waals surface area contributed by atoms with Crippen molar-refractivity contribution in [2.24, 2.45) is 5.73 Å². The normalized spacial score (nSPS) is 15.5. The van der Waals surface area contributed by atoms with Gasteiger partial charge in [-0.25, -0.2) is 4.98 Å². The van der Waals surface area contributed by atoms with Gasteiger partial charge in [0, 0.05) is 26.6 Å². The highest BCUT2D eigenvalue weighted by Gasteiger charge is 2.30. The van der Waals surface area contributed by atoms with Crippen molar-refractivity contribution in [3.63, 3.8) is 0 Å². The molecule has 1 aliphatic carbocycles. The Hall–Kier alpha value is -1.55. The monoisotopic (exact) mass is 230 g/mol. The van der Waals surface area contributed by atoms with Crippen molar-refractivity contribution >= 4 is 11.3 Å². The van der Waals surface area contributed by atoms with Crippen LogP contribution < -0.4 is 10.6 Å². The van der Waals surface area contributed by atoms with Crippen LogP contribution >= 0.6 is 0 Å². The molecule has 0 unspecified atom stereocenters. The minimum atomic E-state index is 0.507. The lowest BCUT2D eigenvalue weighted by Crippen LogP contribution is -2.13. The first kappa shape index (κ1) is 10.6. The molecule has 0 aliphatic heterocycles. The topological polar surface area (TPSA) is 46.6 Å². The van der Waals surface area contributed by atoms with Gasteiger partial charge in [-0.2, -0.15) is 0 Å². The summed E-state index contributed by atoms with van der Waals surface area (Å²) in [5.41, 5.74) is 7.95. The van der Waals surface area contributed by atoms with Crippen LogP contribution in [-0.2, 0) is 6.54 Å². The van der Waals surface area contributed by atoms with Gasteiger partial charge in [-0.15, -0.1) is 0 Å². The van der Waals surface area contributed by atoms with Crippen LogP contribution in [0.5, 0.6) is 0 Å². The number of nitrogens with zero attached hydrogens (tertiary/aromatic N) is 3. The lowest BCUT2D eigenvalue weighted by Gasteiger charge is -2.16. The maximum Gasteiger partial charge on any atom is 0.118 e. The lowest BCUT2D eigenvalue weighted by atomic mass is 10.3. The summed E-state index contributed by atoms with van der Waals surface area (Å²) in [7, 11) is 4.13. The number of fused-ring (bicyclic) bond motifs is 1. The summed E-state index contributed by atoms with van der Waals surface area (Å²) in [4.78, 5) is 6.85. The zero-order chi connectivity index (χ0) is 12.0. The fraction of sp³-hybridized carbons (Fsp3) is 0.462. The third-order valence-electron chi connectivity index (χ3n) is 3.34. The van der Waals surface area contributed by atoms with Gasteiger partial charge >= 0.3 is 0 Å². The van der Waals surface area contributed by atoms with E-state index in [1.54, 1.807) is 0 Å². The first-order valence-corrected chi connectivity index (χ1v) is 6.10. The van der Waals surface area contributed by atoms with Gasteiger partial charge in [0.15, 0.2) is 0 Å². The van der Waals surface area contributed by atoms with Gasteiger partial charge in [0.2, 0.25) is 0 Å². The molecule has 4 heteroatoms. The first-order valence-electron chi connectivity index (χ1n) is 6.10. The zero-order valence-electron chi connectivity index (χ0n) is 10.3. The van der Waals surface area contributed by atoms with E-state index in [0.29, 0.717) is 12.5 Å². The number of pyridine rings is 1. The predicted octanol–water partition coefficient (Wildman–Crippen LogP) is 1.74. The summed E-state index contributed by atoms with van der Waals surface area (Å²) in [6, 6.07) is 6.30. The Labute approximate surface area is 101 Å². The average Bonchev–Trinajstić information content (AvgIpc) is 3.09. The summed E-state index contributed by atoms with van der Waals surface area (Å²) >= 11 is 0. The number of imidazole rings is 1. The summed E-state index contributed by atoms with van der Waals surface area (Å²) in [5.74, 6) is 2.99. The Bertz CT molecular complexity index is 552. The third-order valence-corrected chi connectivity index (χ3v) is 3.34. The maximum atomic E-state index is 5.79. The molecule has 0 aromatic carbocycles. The molecule has 0 saturated heterocycles. The van der Waals surface area contributed by atoms with Gasteiger partial charge in [-0.05, 0) is 25.0 Å². The smallest absolute Gasteiger partial charge is 0.118 e. The Morgan fingerprint density at radius 3 is 2.76 bits per heavy atom. The molecular formula is C13H18N4. The van der Waals surface area contributed by atoms with Gasteiger partial charge in [0.05, 0.1) is 11.2 Å². The van der Waals surface area contributed by atoms with E-state index < -0.39 is 0 Å². The summed E-state index contributed by atoms with van der Waals surface area (Å²) in [6.07, 6.45) is 2.51. The number of aromatic nitrogens is 2. The van der Waals surface area contributed by atoms with E-state index in [-0.39, 0.29) is 0 Å². The van der Waals surface area contributed by atoms with E-state index in [4.69, 9.17) is 10.7 Å². The quantitative estimate of drug-likeness (QED) is 0.873. The van der Waals surface area contributed by atoms with E-state index >= 15 is 0 Å². The van der Waals surface area contributed by atoms with Crippen LogP contribution in [0.1, 0.15) is 30.3 Å². The van der Waals surface area contributed by atoms with Gasteiger partial charge in [0.25, 0.3) is 0 Å². The van der Waals surface area contributed by atoms with Crippen LogP contribution in [0.2, 0.25) is 0 Å². The fourth-order valence-electron chi connectivity index (χ4n) is 2.32. The predicted molar refractivity (Wildman–Crippen MR) is 69.4 cm³/mol. The molecule has 1 aliphatic rings. The highest BCUT2D eigenvalue weighted by Crippen LogP contribution is 2.41. The van der Waals surface area contributed by atoms with Gasteiger partial charge in [0.1, 0.15) is 11.6 Å². The van der Waals surface area contributed by atoms with Crippen LogP contribution in [0.25, 0.3) is 5.52 Å². The zero-order valence-corrected chi connectivity index (χ0v) is 10.3. The molecule has 0 atom stereocenters. The Morgan fingerprint density at radius 1 is 1.41 bits per heavy atom. The van der Waals surface area contributed by atoms with E-state index in [1.165, 1.54) is 24.5 Å². The SMILES string of the molecule is CN(C)c1cccc2c(CN)nc(C3CC3)n12. The summed E-state index contributed by atoms with van der Waals surface area (Å²) in [6.45, 7) is 0.507. The van der Waals surface area contributed by atoms with Crippen LogP contribution in [0.4, 0.5) is 5.82 Å². The van der Waals surface area contributed by atoms with Gasteiger partial charge in [-0.3, -0.25) is 4.40 Å². The number of rotatable bonds is 3. The molecule has 3 rings (SSSR count). The minimum absolute atomic E-state index is 0.507. The number of anilines is 1. The maximum absolute atomic E-state index is 5.79. The van der Waals surface area contributed by atoms with E-state index in [1.807, 2.05) is 0 Å². The highest BCUT2D eigenvalue weighted by molar-refractivity contribution is 5.60. The lowest BCUT2D eigenvalue weighted by molar-refractivity contribution is 0.888. The minimum Gasteiger partial charge on any atom is -0.364 e. The second-order valence-corrected chi connectivity index (χ2v) is 4.89. The van der Waals surface area contributed by atoms with Gasteiger partial charge < -0.3 is 10.6 Å². The van der Waals surface area contributed by atoms with E-state index in [2.05, 4.69) is 41.6 Å². The van der Waals surface area contributed by atoms with Crippen molar-refractivity contribution in [3.8, 4) is 0 Å². The molecule has 0 radical (unpaired) electrons. The molecule has 1 fully saturated rings. The molecule has 2 aromatic rings. The first-order chi connectivity index (χ1) is 8.22. The van der Waals surface area contributed by atoms with Crippen molar-refractivity contribution in [1.82, 2.24) is 9.38 Å². The molecule has 0 bridgehead atoms. The molecular weight excluding hydrogens is 212 g/mol. The summed E-state index contributed by atoms with van der Waals surface area (Å²) in [5, 5.41) is 0. The van der Waals surface area contributed by atoms with Crippen LogP contribution in [-0.4, -0.2) is 23.5 Å². The molecule has 90 valence electrons. The highest BCUT2D eigenvalue weighted by atomic mass is 15.2. The number of hydrogen-bond acceptors (Lipinski definition) is 3.